The lowest BCUT2D eigenvalue weighted by molar-refractivity contribution is -0.122. The lowest BCUT2D eigenvalue weighted by atomic mass is 9.99. The Hall–Kier alpha value is -1.68. The number of nitrogens with zero attached hydrogens (tertiary/aromatic N) is 2. The summed E-state index contributed by atoms with van der Waals surface area (Å²) in [5.41, 5.74) is 7.91. The van der Waals surface area contributed by atoms with Crippen molar-refractivity contribution in [2.75, 3.05) is 0 Å². The molecule has 1 aliphatic rings. The minimum absolute atomic E-state index is 0.134. The van der Waals surface area contributed by atoms with Crippen LogP contribution in [-0.4, -0.2) is 21.4 Å². The smallest absolute Gasteiger partial charge is 0.143 e. The Balaban J connectivity index is 1.81. The van der Waals surface area contributed by atoms with Crippen LogP contribution in [0.1, 0.15) is 25.1 Å². The molecular weight excluding hydrogens is 238 g/mol. The minimum Gasteiger partial charge on any atom is -0.331 e. The maximum absolute atomic E-state index is 12.3. The standard InChI is InChI=1S/C15H19N3O/c1-18-13-5-3-2-4-12(13)17-15(18)9-14(19)10-6-7-11(16)8-10/h2-5,10-11H,6-9,16H2,1H3. The van der Waals surface area contributed by atoms with Crippen LogP contribution in [0.15, 0.2) is 24.3 Å². The van der Waals surface area contributed by atoms with E-state index in [-0.39, 0.29) is 17.7 Å². The number of aromatic nitrogens is 2. The summed E-state index contributed by atoms with van der Waals surface area (Å²) in [5.74, 6) is 1.27. The molecular formula is C15H19N3O. The summed E-state index contributed by atoms with van der Waals surface area (Å²) in [6.07, 6.45) is 3.16. The minimum atomic E-state index is 0.134. The fourth-order valence-electron chi connectivity index (χ4n) is 2.96. The van der Waals surface area contributed by atoms with E-state index in [1.807, 2.05) is 35.9 Å². The third-order valence-electron chi connectivity index (χ3n) is 4.14. The fourth-order valence-corrected chi connectivity index (χ4v) is 2.96. The summed E-state index contributed by atoms with van der Waals surface area (Å²) in [6.45, 7) is 0. The van der Waals surface area contributed by atoms with Gasteiger partial charge in [-0.15, -0.1) is 0 Å². The van der Waals surface area contributed by atoms with Gasteiger partial charge in [-0.25, -0.2) is 4.98 Å². The quantitative estimate of drug-likeness (QED) is 0.912. The number of fused-ring (bicyclic) bond motifs is 1. The third kappa shape index (κ3) is 2.28. The lowest BCUT2D eigenvalue weighted by Gasteiger charge is -2.08. The molecule has 1 aliphatic carbocycles. The Morgan fingerprint density at radius 3 is 2.89 bits per heavy atom. The van der Waals surface area contributed by atoms with Gasteiger partial charge in [0.2, 0.25) is 0 Å². The third-order valence-corrected chi connectivity index (χ3v) is 4.14. The SMILES string of the molecule is Cn1c(CC(=O)C2CCC(N)C2)nc2ccccc21. The molecule has 19 heavy (non-hydrogen) atoms. The number of imidazole rings is 1. The van der Waals surface area contributed by atoms with E-state index < -0.39 is 0 Å². The molecule has 0 aliphatic heterocycles. The van der Waals surface area contributed by atoms with Gasteiger partial charge < -0.3 is 10.3 Å². The van der Waals surface area contributed by atoms with E-state index in [4.69, 9.17) is 5.73 Å². The molecule has 0 radical (unpaired) electrons. The van der Waals surface area contributed by atoms with Gasteiger partial charge in [0.25, 0.3) is 0 Å². The van der Waals surface area contributed by atoms with Gasteiger partial charge in [0, 0.05) is 19.0 Å². The van der Waals surface area contributed by atoms with Crippen LogP contribution in [0.2, 0.25) is 0 Å². The predicted molar refractivity (Wildman–Crippen MR) is 74.7 cm³/mol. The molecule has 0 saturated heterocycles. The van der Waals surface area contributed by atoms with E-state index in [9.17, 15) is 4.79 Å². The molecule has 2 N–H and O–H groups in total. The van der Waals surface area contributed by atoms with Gasteiger partial charge in [-0.05, 0) is 31.4 Å². The summed E-state index contributed by atoms with van der Waals surface area (Å²) < 4.78 is 2.02. The average Bonchev–Trinajstić information content (AvgIpc) is 2.96. The van der Waals surface area contributed by atoms with Crippen molar-refractivity contribution in [3.05, 3.63) is 30.1 Å². The number of carbonyl (C=O) groups excluding carboxylic acids is 1. The number of carbonyl (C=O) groups is 1. The van der Waals surface area contributed by atoms with Crippen molar-refractivity contribution in [2.24, 2.45) is 18.7 Å². The molecule has 2 unspecified atom stereocenters. The summed E-state index contributed by atoms with van der Waals surface area (Å²) >= 11 is 0. The molecule has 100 valence electrons. The number of Topliss-reactive ketones (excluding diaryl/α,β-unsaturated/α-hetero) is 1. The second-order valence-electron chi connectivity index (χ2n) is 5.49. The second-order valence-corrected chi connectivity index (χ2v) is 5.49. The van der Waals surface area contributed by atoms with E-state index >= 15 is 0 Å². The highest BCUT2D eigenvalue weighted by atomic mass is 16.1. The maximum Gasteiger partial charge on any atom is 0.143 e. The largest absolute Gasteiger partial charge is 0.331 e. The van der Waals surface area contributed by atoms with Gasteiger partial charge in [-0.3, -0.25) is 4.79 Å². The van der Waals surface area contributed by atoms with Crippen LogP contribution in [0.4, 0.5) is 0 Å². The maximum atomic E-state index is 12.3. The molecule has 1 fully saturated rings. The van der Waals surface area contributed by atoms with Crippen molar-refractivity contribution in [3.8, 4) is 0 Å². The number of hydrogen-bond donors (Lipinski definition) is 1. The summed E-state index contributed by atoms with van der Waals surface area (Å²) in [7, 11) is 1.97. The van der Waals surface area contributed by atoms with E-state index in [0.717, 1.165) is 36.1 Å². The number of aryl methyl sites for hydroxylation is 1. The van der Waals surface area contributed by atoms with Crippen molar-refractivity contribution in [1.82, 2.24) is 9.55 Å². The van der Waals surface area contributed by atoms with E-state index in [0.29, 0.717) is 6.42 Å². The van der Waals surface area contributed by atoms with Crippen LogP contribution < -0.4 is 5.73 Å². The molecule has 0 amide bonds. The van der Waals surface area contributed by atoms with E-state index in [1.165, 1.54) is 0 Å². The van der Waals surface area contributed by atoms with Crippen LogP contribution in [0.25, 0.3) is 11.0 Å². The first kappa shape index (κ1) is 12.4. The number of hydrogen-bond acceptors (Lipinski definition) is 3. The second kappa shape index (κ2) is 4.78. The highest BCUT2D eigenvalue weighted by Crippen LogP contribution is 2.26. The molecule has 1 heterocycles. The van der Waals surface area contributed by atoms with Gasteiger partial charge in [-0.1, -0.05) is 12.1 Å². The van der Waals surface area contributed by atoms with Gasteiger partial charge in [-0.2, -0.15) is 0 Å². The molecule has 3 rings (SSSR count). The first-order chi connectivity index (χ1) is 9.15. The molecule has 2 aromatic rings. The molecule has 4 nitrogen and oxygen atoms in total. The Morgan fingerprint density at radius 1 is 1.42 bits per heavy atom. The summed E-state index contributed by atoms with van der Waals surface area (Å²) in [4.78, 5) is 16.8. The molecule has 1 saturated carbocycles. The van der Waals surface area contributed by atoms with Crippen LogP contribution in [0.5, 0.6) is 0 Å². The molecule has 0 spiro atoms. The van der Waals surface area contributed by atoms with Gasteiger partial charge in [0.05, 0.1) is 17.5 Å². The summed E-state index contributed by atoms with van der Waals surface area (Å²) in [5, 5.41) is 0. The van der Waals surface area contributed by atoms with Gasteiger partial charge in [0.15, 0.2) is 0 Å². The number of nitrogens with two attached hydrogens (primary N) is 1. The predicted octanol–water partition coefficient (Wildman–Crippen LogP) is 1.81. The normalized spacial score (nSPS) is 23.1. The van der Waals surface area contributed by atoms with Crippen molar-refractivity contribution in [3.63, 3.8) is 0 Å². The number of rotatable bonds is 3. The first-order valence-electron chi connectivity index (χ1n) is 6.84. The molecule has 1 aromatic carbocycles. The van der Waals surface area contributed by atoms with Crippen LogP contribution >= 0.6 is 0 Å². The Morgan fingerprint density at radius 2 is 2.21 bits per heavy atom. The Labute approximate surface area is 112 Å². The number of benzene rings is 1. The Bertz CT molecular complexity index is 617. The summed E-state index contributed by atoms with van der Waals surface area (Å²) in [6, 6.07) is 8.17. The van der Waals surface area contributed by atoms with Gasteiger partial charge >= 0.3 is 0 Å². The van der Waals surface area contributed by atoms with Gasteiger partial charge in [0.1, 0.15) is 11.6 Å². The number of ketones is 1. The highest BCUT2D eigenvalue weighted by molar-refractivity contribution is 5.84. The highest BCUT2D eigenvalue weighted by Gasteiger charge is 2.28. The Kier molecular flexibility index (Phi) is 3.11. The van der Waals surface area contributed by atoms with Crippen molar-refractivity contribution in [1.29, 1.82) is 0 Å². The fraction of sp³-hybridized carbons (Fsp3) is 0.467. The zero-order valence-electron chi connectivity index (χ0n) is 11.2. The van der Waals surface area contributed by atoms with Crippen molar-refractivity contribution in [2.45, 2.75) is 31.7 Å². The van der Waals surface area contributed by atoms with Crippen LogP contribution in [-0.2, 0) is 18.3 Å². The van der Waals surface area contributed by atoms with Crippen molar-refractivity contribution >= 4 is 16.8 Å². The van der Waals surface area contributed by atoms with Crippen LogP contribution in [0, 0.1) is 5.92 Å². The van der Waals surface area contributed by atoms with Crippen LogP contribution in [0.3, 0.4) is 0 Å². The molecule has 1 aromatic heterocycles. The van der Waals surface area contributed by atoms with Crippen molar-refractivity contribution < 1.29 is 4.79 Å². The zero-order chi connectivity index (χ0) is 13.4. The average molecular weight is 257 g/mol. The lowest BCUT2D eigenvalue weighted by Crippen LogP contribution is -2.20. The number of para-hydroxylation sites is 2. The first-order valence-corrected chi connectivity index (χ1v) is 6.84. The monoisotopic (exact) mass is 257 g/mol. The topological polar surface area (TPSA) is 60.9 Å². The molecule has 2 atom stereocenters. The van der Waals surface area contributed by atoms with E-state index in [1.54, 1.807) is 0 Å². The van der Waals surface area contributed by atoms with E-state index in [2.05, 4.69) is 4.98 Å². The zero-order valence-corrected chi connectivity index (χ0v) is 11.2. The molecule has 4 heteroatoms. The molecule has 0 bridgehead atoms.